The summed E-state index contributed by atoms with van der Waals surface area (Å²) in [4.78, 5) is 4.06. The molecule has 0 aromatic heterocycles. The van der Waals surface area contributed by atoms with Crippen LogP contribution in [0.5, 0.6) is 0 Å². The van der Waals surface area contributed by atoms with E-state index < -0.39 is 0 Å². The minimum absolute atomic E-state index is 0.979. The Labute approximate surface area is 54.1 Å². The maximum absolute atomic E-state index is 4.06. The van der Waals surface area contributed by atoms with Crippen LogP contribution in [0.1, 0.15) is 6.92 Å². The molecule has 1 aliphatic rings. The lowest BCUT2D eigenvalue weighted by Gasteiger charge is -2.08. The zero-order valence-electron chi connectivity index (χ0n) is 5.00. The molecule has 0 radical (unpaired) electrons. The summed E-state index contributed by atoms with van der Waals surface area (Å²) in [5.41, 5.74) is 0. The summed E-state index contributed by atoms with van der Waals surface area (Å²) in [6, 6.07) is 0. The molecule has 0 amide bonds. The molecule has 0 aliphatic carbocycles. The van der Waals surface area contributed by atoms with Crippen molar-refractivity contribution in [1.82, 2.24) is 4.31 Å². The molecule has 0 aromatic carbocycles. The number of nitrogens with zero attached hydrogens (tertiary/aromatic N) is 2. The number of hydrogen-bond acceptors (Lipinski definition) is 3. The second-order valence-corrected chi connectivity index (χ2v) is 2.88. The van der Waals surface area contributed by atoms with E-state index in [9.17, 15) is 0 Å². The Kier molecular flexibility index (Phi) is 2.21. The molecule has 0 saturated carbocycles. The molecule has 1 rings (SSSR count). The number of rotatable bonds is 2. The second kappa shape index (κ2) is 2.97. The highest BCUT2D eigenvalue weighted by Crippen LogP contribution is 2.08. The Morgan fingerprint density at radius 1 is 1.88 bits per heavy atom. The number of hydrogen-bond donors (Lipinski definition) is 0. The van der Waals surface area contributed by atoms with Crippen LogP contribution in [0.15, 0.2) is 4.99 Å². The lowest BCUT2D eigenvalue weighted by atomic mass is 10.7. The summed E-state index contributed by atoms with van der Waals surface area (Å²) >= 11 is 1.82. The SMILES string of the molecule is CCSN1C=NCC1. The molecule has 46 valence electrons. The molecule has 8 heavy (non-hydrogen) atoms. The van der Waals surface area contributed by atoms with Gasteiger partial charge in [-0.2, -0.15) is 0 Å². The largest absolute Gasteiger partial charge is 0.305 e. The van der Waals surface area contributed by atoms with E-state index in [1.807, 2.05) is 18.3 Å². The molecule has 2 nitrogen and oxygen atoms in total. The van der Waals surface area contributed by atoms with Crippen molar-refractivity contribution < 1.29 is 0 Å². The van der Waals surface area contributed by atoms with Gasteiger partial charge in [-0.25, -0.2) is 0 Å². The fraction of sp³-hybridized carbons (Fsp3) is 0.800. The van der Waals surface area contributed by atoms with Gasteiger partial charge in [-0.1, -0.05) is 6.92 Å². The van der Waals surface area contributed by atoms with Crippen LogP contribution in [0.3, 0.4) is 0 Å². The molecule has 3 heteroatoms. The van der Waals surface area contributed by atoms with E-state index >= 15 is 0 Å². The summed E-state index contributed by atoms with van der Waals surface area (Å²) in [5, 5.41) is 0. The average molecular weight is 130 g/mol. The van der Waals surface area contributed by atoms with Gasteiger partial charge in [-0.05, 0) is 11.9 Å². The first-order chi connectivity index (χ1) is 3.93. The Morgan fingerprint density at radius 3 is 3.25 bits per heavy atom. The summed E-state index contributed by atoms with van der Waals surface area (Å²) in [7, 11) is 0. The lowest BCUT2D eigenvalue weighted by Crippen LogP contribution is -2.09. The molecule has 0 bridgehead atoms. The van der Waals surface area contributed by atoms with E-state index in [4.69, 9.17) is 0 Å². The van der Waals surface area contributed by atoms with E-state index in [2.05, 4.69) is 16.2 Å². The van der Waals surface area contributed by atoms with Gasteiger partial charge in [0.05, 0.1) is 19.4 Å². The third-order valence-corrected chi connectivity index (χ3v) is 1.82. The minimum Gasteiger partial charge on any atom is -0.305 e. The van der Waals surface area contributed by atoms with Crippen molar-refractivity contribution in [3.8, 4) is 0 Å². The molecular weight excluding hydrogens is 120 g/mol. The molecular formula is C5H10N2S. The van der Waals surface area contributed by atoms with Crippen molar-refractivity contribution in [3.63, 3.8) is 0 Å². The maximum Gasteiger partial charge on any atom is 0.0950 e. The quantitative estimate of drug-likeness (QED) is 0.518. The monoisotopic (exact) mass is 130 g/mol. The summed E-state index contributed by atoms with van der Waals surface area (Å²) in [6.45, 7) is 4.22. The molecule has 1 aliphatic heterocycles. The van der Waals surface area contributed by atoms with Crippen LogP contribution < -0.4 is 0 Å². The Bertz CT molecular complexity index is 92.4. The van der Waals surface area contributed by atoms with Gasteiger partial charge in [0.2, 0.25) is 0 Å². The van der Waals surface area contributed by atoms with Crippen molar-refractivity contribution in [2.45, 2.75) is 6.92 Å². The van der Waals surface area contributed by atoms with Crippen molar-refractivity contribution in [2.75, 3.05) is 18.8 Å². The predicted octanol–water partition coefficient (Wildman–Crippen LogP) is 0.998. The zero-order valence-corrected chi connectivity index (χ0v) is 5.82. The van der Waals surface area contributed by atoms with E-state index in [-0.39, 0.29) is 0 Å². The van der Waals surface area contributed by atoms with Gasteiger partial charge in [0.25, 0.3) is 0 Å². The van der Waals surface area contributed by atoms with Gasteiger partial charge in [0, 0.05) is 5.75 Å². The second-order valence-electron chi connectivity index (χ2n) is 1.58. The molecule has 0 N–H and O–H groups in total. The first-order valence-corrected chi connectivity index (χ1v) is 3.77. The van der Waals surface area contributed by atoms with Crippen LogP contribution in [-0.4, -0.2) is 29.5 Å². The van der Waals surface area contributed by atoms with E-state index in [0.29, 0.717) is 0 Å². The molecule has 0 spiro atoms. The van der Waals surface area contributed by atoms with Crippen molar-refractivity contribution in [1.29, 1.82) is 0 Å². The third-order valence-electron chi connectivity index (χ3n) is 0.955. The first kappa shape index (κ1) is 5.95. The third kappa shape index (κ3) is 1.40. The minimum atomic E-state index is 0.979. The summed E-state index contributed by atoms with van der Waals surface area (Å²) < 4.78 is 2.17. The summed E-state index contributed by atoms with van der Waals surface area (Å²) in [5.74, 6) is 1.14. The fourth-order valence-corrected chi connectivity index (χ4v) is 1.30. The zero-order chi connectivity index (χ0) is 5.82. The highest BCUT2D eigenvalue weighted by molar-refractivity contribution is 7.97. The van der Waals surface area contributed by atoms with Crippen LogP contribution in [0.2, 0.25) is 0 Å². The molecule has 0 fully saturated rings. The van der Waals surface area contributed by atoms with Crippen LogP contribution in [0.25, 0.3) is 0 Å². The Hall–Kier alpha value is -0.180. The van der Waals surface area contributed by atoms with Gasteiger partial charge >= 0.3 is 0 Å². The fourth-order valence-electron chi connectivity index (χ4n) is 0.627. The van der Waals surface area contributed by atoms with Crippen LogP contribution >= 0.6 is 11.9 Å². The molecule has 1 heterocycles. The maximum atomic E-state index is 4.06. The first-order valence-electron chi connectivity index (χ1n) is 2.83. The van der Waals surface area contributed by atoms with E-state index in [0.717, 1.165) is 18.8 Å². The van der Waals surface area contributed by atoms with Crippen molar-refractivity contribution >= 4 is 18.3 Å². The van der Waals surface area contributed by atoms with Gasteiger partial charge in [-0.3, -0.25) is 4.99 Å². The molecule has 0 unspecified atom stereocenters. The van der Waals surface area contributed by atoms with Gasteiger partial charge in [-0.15, -0.1) is 0 Å². The average Bonchev–Trinajstić information content (AvgIpc) is 2.19. The normalized spacial score (nSPS) is 17.9. The number of aliphatic imine (C=N–C) groups is 1. The van der Waals surface area contributed by atoms with E-state index in [1.54, 1.807) is 0 Å². The standard InChI is InChI=1S/C5H10N2S/c1-2-8-7-4-3-6-5-7/h5H,2-4H2,1H3. The highest BCUT2D eigenvalue weighted by Gasteiger charge is 2.02. The Balaban J connectivity index is 2.16. The van der Waals surface area contributed by atoms with Crippen LogP contribution in [0, 0.1) is 0 Å². The van der Waals surface area contributed by atoms with Crippen molar-refractivity contribution in [2.24, 2.45) is 4.99 Å². The molecule has 0 saturated heterocycles. The van der Waals surface area contributed by atoms with Gasteiger partial charge < -0.3 is 4.31 Å². The van der Waals surface area contributed by atoms with Gasteiger partial charge in [0.1, 0.15) is 0 Å². The highest BCUT2D eigenvalue weighted by atomic mass is 32.2. The smallest absolute Gasteiger partial charge is 0.0950 e. The lowest BCUT2D eigenvalue weighted by molar-refractivity contribution is 0.748. The molecule has 0 aromatic rings. The predicted molar refractivity (Wildman–Crippen MR) is 38.2 cm³/mol. The summed E-state index contributed by atoms with van der Waals surface area (Å²) in [6.07, 6.45) is 1.91. The van der Waals surface area contributed by atoms with E-state index in [1.165, 1.54) is 0 Å². The Morgan fingerprint density at radius 2 is 2.75 bits per heavy atom. The molecule has 0 atom stereocenters. The van der Waals surface area contributed by atoms with Crippen molar-refractivity contribution in [3.05, 3.63) is 0 Å². The van der Waals surface area contributed by atoms with Gasteiger partial charge in [0.15, 0.2) is 0 Å². The van der Waals surface area contributed by atoms with Crippen LogP contribution in [0.4, 0.5) is 0 Å². The topological polar surface area (TPSA) is 15.6 Å². The van der Waals surface area contributed by atoms with Crippen LogP contribution in [-0.2, 0) is 0 Å².